The maximum absolute atomic E-state index is 5.81. The zero-order valence-electron chi connectivity index (χ0n) is 10.6. The minimum Gasteiger partial charge on any atom is -0.439 e. The molecule has 1 heterocycles. The molecule has 0 bridgehead atoms. The molecule has 94 valence electrons. The van der Waals surface area contributed by atoms with Crippen molar-refractivity contribution in [2.45, 2.75) is 26.2 Å². The molecule has 0 saturated carbocycles. The predicted octanol–water partition coefficient (Wildman–Crippen LogP) is 4.22. The Labute approximate surface area is 112 Å². The van der Waals surface area contributed by atoms with Crippen molar-refractivity contribution < 1.29 is 4.74 Å². The van der Waals surface area contributed by atoms with Crippen molar-refractivity contribution in [3.8, 4) is 11.6 Å². The molecule has 1 aromatic heterocycles. The lowest BCUT2D eigenvalue weighted by Gasteiger charge is -2.22. The van der Waals surface area contributed by atoms with Gasteiger partial charge in [-0.2, -0.15) is 0 Å². The molecule has 3 nitrogen and oxygen atoms in total. The lowest BCUT2D eigenvalue weighted by atomic mass is 9.86. The van der Waals surface area contributed by atoms with Crippen molar-refractivity contribution in [1.29, 1.82) is 0 Å². The second kappa shape index (κ2) is 4.94. The number of ether oxygens (including phenoxy) is 1. The van der Waals surface area contributed by atoms with Gasteiger partial charge in [-0.1, -0.05) is 50.6 Å². The third-order valence-electron chi connectivity index (χ3n) is 2.52. The topological polar surface area (TPSA) is 35.0 Å². The highest BCUT2D eigenvalue weighted by atomic mass is 35.5. The van der Waals surface area contributed by atoms with Crippen molar-refractivity contribution in [2.24, 2.45) is 0 Å². The first-order chi connectivity index (χ1) is 8.47. The van der Waals surface area contributed by atoms with Crippen LogP contribution in [0.25, 0.3) is 0 Å². The van der Waals surface area contributed by atoms with Gasteiger partial charge in [-0.05, 0) is 11.5 Å². The Morgan fingerprint density at radius 1 is 1.11 bits per heavy atom. The average molecular weight is 263 g/mol. The summed E-state index contributed by atoms with van der Waals surface area (Å²) in [5.41, 5.74) is 1.13. The van der Waals surface area contributed by atoms with Gasteiger partial charge < -0.3 is 4.74 Å². The molecule has 0 radical (unpaired) electrons. The number of rotatable bonds is 2. The van der Waals surface area contributed by atoms with Crippen LogP contribution in [0.2, 0.25) is 5.15 Å². The van der Waals surface area contributed by atoms with Crippen molar-refractivity contribution in [3.05, 3.63) is 47.4 Å². The fraction of sp³-hybridized carbons (Fsp3) is 0.286. The Bertz CT molecular complexity index is 549. The second-order valence-electron chi connectivity index (χ2n) is 5.03. The summed E-state index contributed by atoms with van der Waals surface area (Å²) in [6.07, 6.45) is 1.39. The molecule has 0 amide bonds. The van der Waals surface area contributed by atoms with Gasteiger partial charge in [0, 0.05) is 11.6 Å². The number of hydrogen-bond acceptors (Lipinski definition) is 3. The largest absolute Gasteiger partial charge is 0.439 e. The van der Waals surface area contributed by atoms with E-state index in [4.69, 9.17) is 16.3 Å². The monoisotopic (exact) mass is 262 g/mol. The van der Waals surface area contributed by atoms with Gasteiger partial charge in [0.15, 0.2) is 0 Å². The van der Waals surface area contributed by atoms with Gasteiger partial charge >= 0.3 is 0 Å². The van der Waals surface area contributed by atoms with Crippen LogP contribution in [0.1, 0.15) is 26.3 Å². The van der Waals surface area contributed by atoms with E-state index in [0.717, 1.165) is 11.3 Å². The number of benzene rings is 1. The Morgan fingerprint density at radius 2 is 1.83 bits per heavy atom. The molecule has 0 aliphatic heterocycles. The van der Waals surface area contributed by atoms with Crippen molar-refractivity contribution in [3.63, 3.8) is 0 Å². The lowest BCUT2D eigenvalue weighted by Crippen LogP contribution is -2.12. The average Bonchev–Trinajstić information content (AvgIpc) is 2.28. The SMILES string of the molecule is CC(C)(C)c1ccccc1Oc1cc(Cl)ncn1. The summed E-state index contributed by atoms with van der Waals surface area (Å²) in [5.74, 6) is 1.24. The quantitative estimate of drug-likeness (QED) is 0.760. The molecule has 2 aromatic rings. The maximum Gasteiger partial charge on any atom is 0.223 e. The zero-order chi connectivity index (χ0) is 13.2. The number of nitrogens with zero attached hydrogens (tertiary/aromatic N) is 2. The van der Waals surface area contributed by atoms with Gasteiger partial charge in [0.05, 0.1) is 0 Å². The van der Waals surface area contributed by atoms with E-state index in [0.29, 0.717) is 11.0 Å². The van der Waals surface area contributed by atoms with Crippen LogP contribution >= 0.6 is 11.6 Å². The molecular weight excluding hydrogens is 248 g/mol. The van der Waals surface area contributed by atoms with E-state index in [1.54, 1.807) is 6.07 Å². The first kappa shape index (κ1) is 12.8. The van der Waals surface area contributed by atoms with Crippen molar-refractivity contribution in [1.82, 2.24) is 9.97 Å². The Hall–Kier alpha value is -1.61. The van der Waals surface area contributed by atoms with Gasteiger partial charge in [0.1, 0.15) is 17.2 Å². The van der Waals surface area contributed by atoms with E-state index in [1.165, 1.54) is 6.33 Å². The summed E-state index contributed by atoms with van der Waals surface area (Å²) in [7, 11) is 0. The summed E-state index contributed by atoms with van der Waals surface area (Å²) >= 11 is 5.81. The smallest absolute Gasteiger partial charge is 0.223 e. The van der Waals surface area contributed by atoms with Crippen LogP contribution < -0.4 is 4.74 Å². The summed E-state index contributed by atoms with van der Waals surface area (Å²) in [5, 5.41) is 0.369. The molecule has 18 heavy (non-hydrogen) atoms. The molecule has 0 fully saturated rings. The van der Waals surface area contributed by atoms with Crippen LogP contribution in [0.5, 0.6) is 11.6 Å². The predicted molar refractivity (Wildman–Crippen MR) is 72.3 cm³/mol. The van der Waals surface area contributed by atoms with Crippen LogP contribution in [-0.2, 0) is 5.41 Å². The number of aromatic nitrogens is 2. The molecule has 1 aromatic carbocycles. The molecule has 0 spiro atoms. The van der Waals surface area contributed by atoms with Crippen LogP contribution in [0.15, 0.2) is 36.7 Å². The first-order valence-corrected chi connectivity index (χ1v) is 6.09. The van der Waals surface area contributed by atoms with Crippen LogP contribution in [0.4, 0.5) is 0 Å². The fourth-order valence-corrected chi connectivity index (χ4v) is 1.80. The molecule has 0 aliphatic carbocycles. The molecular formula is C14H15ClN2O. The van der Waals surface area contributed by atoms with E-state index in [1.807, 2.05) is 18.2 Å². The van der Waals surface area contributed by atoms with Gasteiger partial charge in [-0.3, -0.25) is 0 Å². The van der Waals surface area contributed by atoms with E-state index in [-0.39, 0.29) is 5.41 Å². The maximum atomic E-state index is 5.81. The van der Waals surface area contributed by atoms with E-state index < -0.39 is 0 Å². The Balaban J connectivity index is 2.35. The highest BCUT2D eigenvalue weighted by molar-refractivity contribution is 6.29. The molecule has 0 aliphatic rings. The molecule has 2 rings (SSSR count). The summed E-state index contributed by atoms with van der Waals surface area (Å²) in [6.45, 7) is 6.42. The normalized spacial score (nSPS) is 11.3. The van der Waals surface area contributed by atoms with Gasteiger partial charge in [0.25, 0.3) is 0 Å². The van der Waals surface area contributed by atoms with Crippen LogP contribution in [0, 0.1) is 0 Å². The molecule has 0 N–H and O–H groups in total. The zero-order valence-corrected chi connectivity index (χ0v) is 11.4. The Kier molecular flexibility index (Phi) is 3.53. The first-order valence-electron chi connectivity index (χ1n) is 5.72. The third kappa shape index (κ3) is 2.99. The number of para-hydroxylation sites is 1. The van der Waals surface area contributed by atoms with E-state index >= 15 is 0 Å². The van der Waals surface area contributed by atoms with Gasteiger partial charge in [-0.15, -0.1) is 0 Å². The van der Waals surface area contributed by atoms with Crippen molar-refractivity contribution >= 4 is 11.6 Å². The lowest BCUT2D eigenvalue weighted by molar-refractivity contribution is 0.439. The van der Waals surface area contributed by atoms with Gasteiger partial charge in [0.2, 0.25) is 5.88 Å². The van der Waals surface area contributed by atoms with E-state index in [2.05, 4.69) is 36.8 Å². The summed E-state index contributed by atoms with van der Waals surface area (Å²) in [4.78, 5) is 7.87. The summed E-state index contributed by atoms with van der Waals surface area (Å²) < 4.78 is 5.78. The molecule has 0 atom stereocenters. The number of hydrogen-bond donors (Lipinski definition) is 0. The fourth-order valence-electron chi connectivity index (χ4n) is 1.66. The summed E-state index contributed by atoms with van der Waals surface area (Å²) in [6, 6.07) is 9.52. The molecule has 0 unspecified atom stereocenters. The minimum absolute atomic E-state index is 0.00736. The number of halogens is 1. The Morgan fingerprint density at radius 3 is 2.50 bits per heavy atom. The second-order valence-corrected chi connectivity index (χ2v) is 5.41. The van der Waals surface area contributed by atoms with Gasteiger partial charge in [-0.25, -0.2) is 9.97 Å². The highest BCUT2D eigenvalue weighted by Gasteiger charge is 2.18. The van der Waals surface area contributed by atoms with E-state index in [9.17, 15) is 0 Å². The molecule has 0 saturated heterocycles. The third-order valence-corrected chi connectivity index (χ3v) is 2.72. The highest BCUT2D eigenvalue weighted by Crippen LogP contribution is 2.33. The van der Waals surface area contributed by atoms with Crippen molar-refractivity contribution in [2.75, 3.05) is 0 Å². The molecule has 4 heteroatoms. The minimum atomic E-state index is 0.00736. The van der Waals surface area contributed by atoms with Crippen LogP contribution in [-0.4, -0.2) is 9.97 Å². The van der Waals surface area contributed by atoms with Crippen LogP contribution in [0.3, 0.4) is 0 Å². The standard InChI is InChI=1S/C14H15ClN2O/c1-14(2,3)10-6-4-5-7-11(10)18-13-8-12(15)16-9-17-13/h4-9H,1-3H3.